The Balaban J connectivity index is 2.17. The maximum Gasteiger partial charge on any atom is 0.0858 e. The Morgan fingerprint density at radius 3 is 2.63 bits per heavy atom. The molecule has 0 aromatic heterocycles. The average molecular weight is 282 g/mol. The molecule has 1 saturated carbocycles. The lowest BCUT2D eigenvalue weighted by Gasteiger charge is -2.43. The molecule has 2 nitrogen and oxygen atoms in total. The van der Waals surface area contributed by atoms with Crippen LogP contribution in [0.5, 0.6) is 0 Å². The highest BCUT2D eigenvalue weighted by Crippen LogP contribution is 2.47. The Bertz CT molecular complexity index is 413. The topological polar surface area (TPSA) is 46.2 Å². The van der Waals surface area contributed by atoms with Crippen molar-refractivity contribution >= 4 is 11.6 Å². The van der Waals surface area contributed by atoms with Crippen molar-refractivity contribution in [2.45, 2.75) is 45.1 Å². The molecule has 3 heteroatoms. The molecule has 0 heterocycles. The lowest BCUT2D eigenvalue weighted by Crippen LogP contribution is -2.40. The molecule has 106 valence electrons. The van der Waals surface area contributed by atoms with Crippen LogP contribution in [0.1, 0.15) is 50.7 Å². The standard InChI is InChI=1S/C16H24ClNO/c1-2-12-6-8-16(11-18,9-7-12)15(19)13-4-3-5-14(17)10-13/h3-5,10,12,15,19H,2,6-9,11,18H2,1H3. The van der Waals surface area contributed by atoms with E-state index in [0.29, 0.717) is 11.6 Å². The van der Waals surface area contributed by atoms with E-state index in [0.717, 1.165) is 24.3 Å². The zero-order chi connectivity index (χ0) is 13.9. The third kappa shape index (κ3) is 3.13. The van der Waals surface area contributed by atoms with Gasteiger partial charge in [-0.2, -0.15) is 0 Å². The van der Waals surface area contributed by atoms with Gasteiger partial charge in [-0.05, 0) is 49.3 Å². The quantitative estimate of drug-likeness (QED) is 0.879. The first-order valence-electron chi connectivity index (χ1n) is 7.25. The molecule has 1 aromatic carbocycles. The fourth-order valence-corrected chi connectivity index (χ4v) is 3.48. The Hall–Kier alpha value is -0.570. The largest absolute Gasteiger partial charge is 0.388 e. The third-order valence-electron chi connectivity index (χ3n) is 4.83. The molecular formula is C16H24ClNO. The van der Waals surface area contributed by atoms with Crippen LogP contribution in [0.2, 0.25) is 5.02 Å². The lowest BCUT2D eigenvalue weighted by atomic mass is 9.65. The summed E-state index contributed by atoms with van der Waals surface area (Å²) in [6, 6.07) is 7.53. The first kappa shape index (κ1) is 14.8. The normalized spacial score (nSPS) is 29.2. The van der Waals surface area contributed by atoms with Crippen LogP contribution >= 0.6 is 11.6 Å². The van der Waals surface area contributed by atoms with E-state index in [-0.39, 0.29) is 5.41 Å². The number of rotatable bonds is 4. The van der Waals surface area contributed by atoms with E-state index in [9.17, 15) is 5.11 Å². The predicted molar refractivity (Wildman–Crippen MR) is 80.1 cm³/mol. The summed E-state index contributed by atoms with van der Waals surface area (Å²) in [5.74, 6) is 0.797. The predicted octanol–water partition coefficient (Wildman–Crippen LogP) is 3.92. The summed E-state index contributed by atoms with van der Waals surface area (Å²) in [5, 5.41) is 11.4. The molecule has 0 saturated heterocycles. The van der Waals surface area contributed by atoms with Crippen LogP contribution in [-0.2, 0) is 0 Å². The number of aliphatic hydroxyl groups excluding tert-OH is 1. The van der Waals surface area contributed by atoms with Gasteiger partial charge in [0.05, 0.1) is 6.10 Å². The van der Waals surface area contributed by atoms with Gasteiger partial charge >= 0.3 is 0 Å². The fourth-order valence-electron chi connectivity index (χ4n) is 3.28. The van der Waals surface area contributed by atoms with Crippen LogP contribution in [0.25, 0.3) is 0 Å². The van der Waals surface area contributed by atoms with E-state index in [1.54, 1.807) is 0 Å². The Labute approximate surface area is 121 Å². The zero-order valence-corrected chi connectivity index (χ0v) is 12.4. The van der Waals surface area contributed by atoms with Gasteiger partial charge in [-0.3, -0.25) is 0 Å². The first-order valence-corrected chi connectivity index (χ1v) is 7.62. The van der Waals surface area contributed by atoms with Gasteiger partial charge < -0.3 is 10.8 Å². The third-order valence-corrected chi connectivity index (χ3v) is 5.06. The minimum Gasteiger partial charge on any atom is -0.388 e. The van der Waals surface area contributed by atoms with Crippen molar-refractivity contribution in [3.05, 3.63) is 34.9 Å². The summed E-state index contributed by atoms with van der Waals surface area (Å²) < 4.78 is 0. The van der Waals surface area contributed by atoms with Gasteiger partial charge in [0.25, 0.3) is 0 Å². The van der Waals surface area contributed by atoms with Crippen LogP contribution < -0.4 is 5.73 Å². The molecule has 3 N–H and O–H groups in total. The first-order chi connectivity index (χ1) is 9.11. The smallest absolute Gasteiger partial charge is 0.0858 e. The molecule has 19 heavy (non-hydrogen) atoms. The Morgan fingerprint density at radius 1 is 1.42 bits per heavy atom. The highest BCUT2D eigenvalue weighted by molar-refractivity contribution is 6.30. The molecule has 2 rings (SSSR count). The number of aliphatic hydroxyl groups is 1. The van der Waals surface area contributed by atoms with Gasteiger partial charge in [0.1, 0.15) is 0 Å². The van der Waals surface area contributed by atoms with Crippen LogP contribution in [-0.4, -0.2) is 11.7 Å². The van der Waals surface area contributed by atoms with Crippen molar-refractivity contribution in [2.75, 3.05) is 6.54 Å². The minimum atomic E-state index is -0.506. The summed E-state index contributed by atoms with van der Waals surface area (Å²) in [5.41, 5.74) is 6.73. The van der Waals surface area contributed by atoms with Crippen LogP contribution in [0.3, 0.4) is 0 Å². The maximum atomic E-state index is 10.7. The maximum absolute atomic E-state index is 10.7. The fraction of sp³-hybridized carbons (Fsp3) is 0.625. The lowest BCUT2D eigenvalue weighted by molar-refractivity contribution is -0.0103. The highest BCUT2D eigenvalue weighted by atomic mass is 35.5. The molecule has 0 spiro atoms. The second-order valence-corrected chi connectivity index (χ2v) is 6.31. The van der Waals surface area contributed by atoms with Crippen LogP contribution in [0.15, 0.2) is 24.3 Å². The zero-order valence-electron chi connectivity index (χ0n) is 11.6. The molecule has 0 radical (unpaired) electrons. The molecule has 1 atom stereocenters. The van der Waals surface area contributed by atoms with E-state index in [1.807, 2.05) is 24.3 Å². The molecule has 0 bridgehead atoms. The summed E-state index contributed by atoms with van der Waals surface area (Å²) in [7, 11) is 0. The van der Waals surface area contributed by atoms with Gasteiger partial charge in [0.2, 0.25) is 0 Å². The number of hydrogen-bond acceptors (Lipinski definition) is 2. The molecule has 1 aliphatic carbocycles. The van der Waals surface area contributed by atoms with Gasteiger partial charge in [0.15, 0.2) is 0 Å². The molecule has 1 fully saturated rings. The van der Waals surface area contributed by atoms with Crippen molar-refractivity contribution < 1.29 is 5.11 Å². The SMILES string of the molecule is CCC1CCC(CN)(C(O)c2cccc(Cl)c2)CC1. The minimum absolute atomic E-state index is 0.170. The van der Waals surface area contributed by atoms with E-state index in [2.05, 4.69) is 6.92 Å². The number of nitrogens with two attached hydrogens (primary N) is 1. The molecule has 0 aliphatic heterocycles. The molecule has 1 unspecified atom stereocenters. The monoisotopic (exact) mass is 281 g/mol. The van der Waals surface area contributed by atoms with Gasteiger partial charge in [-0.25, -0.2) is 0 Å². The van der Waals surface area contributed by atoms with Crippen LogP contribution in [0.4, 0.5) is 0 Å². The van der Waals surface area contributed by atoms with Crippen LogP contribution in [0, 0.1) is 11.3 Å². The summed E-state index contributed by atoms with van der Waals surface area (Å²) in [4.78, 5) is 0. The van der Waals surface area contributed by atoms with E-state index < -0.39 is 6.10 Å². The Kier molecular flexibility index (Phi) is 4.88. The second kappa shape index (κ2) is 6.25. The summed E-state index contributed by atoms with van der Waals surface area (Å²) in [6.07, 6.45) is 5.09. The van der Waals surface area contributed by atoms with Crippen molar-refractivity contribution in [2.24, 2.45) is 17.1 Å². The van der Waals surface area contributed by atoms with Gasteiger partial charge in [-0.15, -0.1) is 0 Å². The van der Waals surface area contributed by atoms with E-state index in [4.69, 9.17) is 17.3 Å². The average Bonchev–Trinajstić information content (AvgIpc) is 2.46. The van der Waals surface area contributed by atoms with Crippen molar-refractivity contribution in [3.8, 4) is 0 Å². The van der Waals surface area contributed by atoms with Gasteiger partial charge in [0, 0.05) is 17.0 Å². The van der Waals surface area contributed by atoms with Gasteiger partial charge in [-0.1, -0.05) is 37.1 Å². The summed E-state index contributed by atoms with van der Waals surface area (Å²) in [6.45, 7) is 2.78. The van der Waals surface area contributed by atoms with Crippen molar-refractivity contribution in [1.29, 1.82) is 0 Å². The molecule has 0 amide bonds. The van der Waals surface area contributed by atoms with E-state index >= 15 is 0 Å². The van der Waals surface area contributed by atoms with Crippen molar-refractivity contribution in [1.82, 2.24) is 0 Å². The van der Waals surface area contributed by atoms with Crippen molar-refractivity contribution in [3.63, 3.8) is 0 Å². The second-order valence-electron chi connectivity index (χ2n) is 5.88. The highest BCUT2D eigenvalue weighted by Gasteiger charge is 2.40. The van der Waals surface area contributed by atoms with E-state index in [1.165, 1.54) is 19.3 Å². The number of hydrogen-bond donors (Lipinski definition) is 2. The molecular weight excluding hydrogens is 258 g/mol. The Morgan fingerprint density at radius 2 is 2.11 bits per heavy atom. The number of halogens is 1. The summed E-state index contributed by atoms with van der Waals surface area (Å²) >= 11 is 6.02. The molecule has 1 aliphatic rings. The molecule has 1 aromatic rings. The number of benzene rings is 1.